The van der Waals surface area contributed by atoms with Gasteiger partial charge in [-0.25, -0.2) is 8.78 Å². The zero-order chi connectivity index (χ0) is 10.8. The fourth-order valence-electron chi connectivity index (χ4n) is 1.16. The maximum atomic E-state index is 13.2. The molecule has 0 saturated carbocycles. The molecule has 0 saturated heterocycles. The third-order valence-corrected chi connectivity index (χ3v) is 2.27. The van der Waals surface area contributed by atoms with Gasteiger partial charge in [-0.2, -0.15) is 0 Å². The molecule has 0 atom stereocenters. The van der Waals surface area contributed by atoms with E-state index in [1.807, 2.05) is 22.6 Å². The summed E-state index contributed by atoms with van der Waals surface area (Å²) in [6.45, 7) is 0. The summed E-state index contributed by atoms with van der Waals surface area (Å²) in [5.41, 5.74) is -0.0578. The number of nitrogens with zero attached hydrogens (tertiary/aromatic N) is 2. The van der Waals surface area contributed by atoms with Gasteiger partial charge in [0, 0.05) is 28.2 Å². The largest absolute Gasteiger partial charge is 0.416 e. The number of halogens is 3. The molecule has 2 rings (SSSR count). The lowest BCUT2D eigenvalue weighted by molar-refractivity contribution is 0.468. The van der Waals surface area contributed by atoms with Gasteiger partial charge < -0.3 is 4.42 Å². The molecule has 0 bridgehead atoms. The number of hydrogen-bond donors (Lipinski definition) is 0. The van der Waals surface area contributed by atoms with Crippen LogP contribution in [0, 0.1) is 15.5 Å². The molecule has 1 aromatic heterocycles. The van der Waals surface area contributed by atoms with Crippen molar-refractivity contribution in [2.45, 2.75) is 6.42 Å². The molecular weight excluding hydrogens is 317 g/mol. The molecular formula is C9H5F2IN2O. The smallest absolute Gasteiger partial charge is 0.278 e. The fraction of sp³-hybridized carbons (Fsp3) is 0.111. The fourth-order valence-corrected chi connectivity index (χ4v) is 1.52. The highest BCUT2D eigenvalue weighted by Crippen LogP contribution is 2.16. The SMILES string of the molecule is Fc1cccc(F)c1Cc1nnc(I)o1. The normalized spacial score (nSPS) is 10.6. The van der Waals surface area contributed by atoms with E-state index >= 15 is 0 Å². The predicted molar refractivity (Wildman–Crippen MR) is 56.2 cm³/mol. The van der Waals surface area contributed by atoms with Crippen LogP contribution in [0.25, 0.3) is 0 Å². The van der Waals surface area contributed by atoms with Crippen LogP contribution in [0.15, 0.2) is 22.6 Å². The van der Waals surface area contributed by atoms with Gasteiger partial charge in [-0.1, -0.05) is 6.07 Å². The highest BCUT2D eigenvalue weighted by atomic mass is 127. The Bertz CT molecular complexity index is 466. The molecule has 0 aliphatic rings. The standard InChI is InChI=1S/C9H5F2IN2O/c10-6-2-1-3-7(11)5(6)4-8-13-14-9(12)15-8/h1-3H,4H2. The highest BCUT2D eigenvalue weighted by Gasteiger charge is 2.12. The second-order valence-electron chi connectivity index (χ2n) is 2.83. The van der Waals surface area contributed by atoms with Crippen molar-refractivity contribution in [1.82, 2.24) is 10.2 Å². The van der Waals surface area contributed by atoms with E-state index in [0.717, 1.165) is 0 Å². The van der Waals surface area contributed by atoms with Crippen molar-refractivity contribution in [3.63, 3.8) is 0 Å². The molecule has 1 aromatic carbocycles. The molecule has 78 valence electrons. The van der Waals surface area contributed by atoms with Gasteiger partial charge in [0.25, 0.3) is 3.90 Å². The quantitative estimate of drug-likeness (QED) is 0.798. The first-order valence-corrected chi connectivity index (χ1v) is 5.15. The summed E-state index contributed by atoms with van der Waals surface area (Å²) in [6.07, 6.45) is -0.0332. The van der Waals surface area contributed by atoms with Crippen LogP contribution in [0.3, 0.4) is 0 Å². The Morgan fingerprint density at radius 1 is 1.20 bits per heavy atom. The maximum absolute atomic E-state index is 13.2. The first kappa shape index (κ1) is 10.5. The molecule has 0 radical (unpaired) electrons. The van der Waals surface area contributed by atoms with Gasteiger partial charge in [-0.3, -0.25) is 0 Å². The van der Waals surface area contributed by atoms with Crippen LogP contribution >= 0.6 is 22.6 Å². The second-order valence-corrected chi connectivity index (χ2v) is 3.75. The van der Waals surface area contributed by atoms with E-state index in [0.29, 0.717) is 3.90 Å². The lowest BCUT2D eigenvalue weighted by Gasteiger charge is -2.00. The third kappa shape index (κ3) is 2.31. The van der Waals surface area contributed by atoms with Crippen LogP contribution in [0.4, 0.5) is 8.78 Å². The minimum absolute atomic E-state index is 0.0332. The number of aromatic nitrogens is 2. The molecule has 3 nitrogen and oxygen atoms in total. The zero-order valence-electron chi connectivity index (χ0n) is 7.38. The second kappa shape index (κ2) is 4.21. The van der Waals surface area contributed by atoms with Crippen molar-refractivity contribution >= 4 is 22.6 Å². The lowest BCUT2D eigenvalue weighted by atomic mass is 10.1. The monoisotopic (exact) mass is 322 g/mol. The molecule has 15 heavy (non-hydrogen) atoms. The maximum Gasteiger partial charge on any atom is 0.278 e. The summed E-state index contributed by atoms with van der Waals surface area (Å²) in [4.78, 5) is 0. The molecule has 1 heterocycles. The molecule has 0 amide bonds. The summed E-state index contributed by atoms with van der Waals surface area (Å²) in [6, 6.07) is 3.70. The molecule has 0 unspecified atom stereocenters. The van der Waals surface area contributed by atoms with Crippen molar-refractivity contribution in [3.8, 4) is 0 Å². The molecule has 2 aromatic rings. The highest BCUT2D eigenvalue weighted by molar-refractivity contribution is 14.1. The summed E-state index contributed by atoms with van der Waals surface area (Å²) >= 11 is 1.83. The van der Waals surface area contributed by atoms with Gasteiger partial charge in [-0.05, 0) is 12.1 Å². The number of benzene rings is 1. The van der Waals surface area contributed by atoms with Crippen LogP contribution < -0.4 is 0 Å². The van der Waals surface area contributed by atoms with Crippen molar-refractivity contribution in [2.24, 2.45) is 0 Å². The van der Waals surface area contributed by atoms with Crippen LogP contribution in [0.1, 0.15) is 11.5 Å². The van der Waals surface area contributed by atoms with E-state index in [9.17, 15) is 8.78 Å². The molecule has 0 N–H and O–H groups in total. The summed E-state index contributed by atoms with van der Waals surface area (Å²) in [5, 5.41) is 7.23. The molecule has 0 aliphatic heterocycles. The van der Waals surface area contributed by atoms with Crippen LogP contribution in [0.2, 0.25) is 0 Å². The van der Waals surface area contributed by atoms with Gasteiger partial charge in [-0.15, -0.1) is 10.2 Å². The van der Waals surface area contributed by atoms with Gasteiger partial charge in [0.15, 0.2) is 0 Å². The molecule has 0 spiro atoms. The average Bonchev–Trinajstić information content (AvgIpc) is 2.58. The van der Waals surface area contributed by atoms with Gasteiger partial charge >= 0.3 is 0 Å². The average molecular weight is 322 g/mol. The molecule has 0 aliphatic carbocycles. The zero-order valence-corrected chi connectivity index (χ0v) is 9.53. The Labute approximate surface area is 97.6 Å². The summed E-state index contributed by atoms with van der Waals surface area (Å²) in [7, 11) is 0. The Kier molecular flexibility index (Phi) is 2.94. The van der Waals surface area contributed by atoms with Crippen LogP contribution in [-0.4, -0.2) is 10.2 Å². The van der Waals surface area contributed by atoms with Gasteiger partial charge in [0.1, 0.15) is 11.6 Å². The minimum atomic E-state index is -0.608. The summed E-state index contributed by atoms with van der Waals surface area (Å²) < 4.78 is 31.8. The van der Waals surface area contributed by atoms with Gasteiger partial charge in [0.2, 0.25) is 5.89 Å². The lowest BCUT2D eigenvalue weighted by Crippen LogP contribution is -1.97. The summed E-state index contributed by atoms with van der Waals surface area (Å²) in [5.74, 6) is -1.02. The van der Waals surface area contributed by atoms with E-state index in [-0.39, 0.29) is 17.9 Å². The first-order valence-electron chi connectivity index (χ1n) is 4.07. The topological polar surface area (TPSA) is 38.9 Å². The van der Waals surface area contributed by atoms with Crippen LogP contribution in [-0.2, 0) is 6.42 Å². The first-order chi connectivity index (χ1) is 7.16. The van der Waals surface area contributed by atoms with E-state index in [4.69, 9.17) is 4.42 Å². The van der Waals surface area contributed by atoms with Crippen molar-refractivity contribution in [2.75, 3.05) is 0 Å². The Balaban J connectivity index is 2.31. The Morgan fingerprint density at radius 2 is 1.87 bits per heavy atom. The molecule has 0 fully saturated rings. The van der Waals surface area contributed by atoms with E-state index < -0.39 is 11.6 Å². The number of rotatable bonds is 2. The van der Waals surface area contributed by atoms with Crippen molar-refractivity contribution in [3.05, 3.63) is 45.2 Å². The third-order valence-electron chi connectivity index (χ3n) is 1.83. The molecule has 6 heteroatoms. The van der Waals surface area contributed by atoms with Gasteiger partial charge in [0.05, 0.1) is 6.42 Å². The predicted octanol–water partition coefficient (Wildman–Crippen LogP) is 2.54. The number of hydrogen-bond acceptors (Lipinski definition) is 3. The Morgan fingerprint density at radius 3 is 2.40 bits per heavy atom. The van der Waals surface area contributed by atoms with E-state index in [1.165, 1.54) is 18.2 Å². The Hall–Kier alpha value is -1.05. The van der Waals surface area contributed by atoms with E-state index in [1.54, 1.807) is 0 Å². The van der Waals surface area contributed by atoms with E-state index in [2.05, 4.69) is 10.2 Å². The van der Waals surface area contributed by atoms with Crippen molar-refractivity contribution < 1.29 is 13.2 Å². The van der Waals surface area contributed by atoms with Crippen molar-refractivity contribution in [1.29, 1.82) is 0 Å². The minimum Gasteiger partial charge on any atom is -0.416 e. The van der Waals surface area contributed by atoms with Crippen LogP contribution in [0.5, 0.6) is 0 Å².